The molecule has 0 aromatic rings. The molecule has 2 aliphatic rings. The molecule has 2 fully saturated rings. The van der Waals surface area contributed by atoms with Crippen molar-refractivity contribution in [3.63, 3.8) is 0 Å². The molecule has 0 aromatic carbocycles. The summed E-state index contributed by atoms with van der Waals surface area (Å²) < 4.78 is 11.5. The maximum atomic E-state index is 11.1. The Labute approximate surface area is 97.5 Å². The van der Waals surface area contributed by atoms with Gasteiger partial charge in [0.05, 0.1) is 18.3 Å². The van der Waals surface area contributed by atoms with Crippen LogP contribution in [-0.2, 0) is 14.3 Å². The van der Waals surface area contributed by atoms with Crippen molar-refractivity contribution in [2.24, 2.45) is 0 Å². The summed E-state index contributed by atoms with van der Waals surface area (Å²) in [6, 6.07) is 0. The van der Waals surface area contributed by atoms with Gasteiger partial charge in [0.1, 0.15) is 5.78 Å². The van der Waals surface area contributed by atoms with Gasteiger partial charge in [-0.15, -0.1) is 0 Å². The number of hydrogen-bond acceptors (Lipinski definition) is 3. The average molecular weight is 226 g/mol. The Bertz CT molecular complexity index is 229. The predicted molar refractivity (Wildman–Crippen MR) is 61.4 cm³/mol. The Hall–Kier alpha value is -0.410. The summed E-state index contributed by atoms with van der Waals surface area (Å²) in [5.41, 5.74) is 0. The summed E-state index contributed by atoms with van der Waals surface area (Å²) in [5, 5.41) is 0. The van der Waals surface area contributed by atoms with Crippen LogP contribution in [0.2, 0.25) is 0 Å². The first kappa shape index (κ1) is 12.1. The highest BCUT2D eigenvalue weighted by Gasteiger charge is 2.27. The molecule has 0 radical (unpaired) electrons. The Morgan fingerprint density at radius 2 is 1.69 bits per heavy atom. The van der Waals surface area contributed by atoms with Crippen LogP contribution in [0.1, 0.15) is 51.4 Å². The summed E-state index contributed by atoms with van der Waals surface area (Å²) in [7, 11) is 1.78. The van der Waals surface area contributed by atoms with Gasteiger partial charge in [-0.2, -0.15) is 0 Å². The first-order valence-electron chi connectivity index (χ1n) is 6.48. The lowest BCUT2D eigenvalue weighted by atomic mass is 9.93. The zero-order valence-corrected chi connectivity index (χ0v) is 10.1. The van der Waals surface area contributed by atoms with E-state index in [1.54, 1.807) is 7.11 Å². The SMILES string of the molecule is COC1CCCC(OC2CCC(=O)CC2)C1. The third kappa shape index (κ3) is 3.29. The van der Waals surface area contributed by atoms with Gasteiger partial charge in [0.2, 0.25) is 0 Å². The van der Waals surface area contributed by atoms with Crippen molar-refractivity contribution in [3.8, 4) is 0 Å². The van der Waals surface area contributed by atoms with Crippen LogP contribution < -0.4 is 0 Å². The molecule has 92 valence electrons. The summed E-state index contributed by atoms with van der Waals surface area (Å²) in [4.78, 5) is 11.1. The molecule has 3 heteroatoms. The van der Waals surface area contributed by atoms with Crippen molar-refractivity contribution >= 4 is 5.78 Å². The molecule has 0 saturated heterocycles. The smallest absolute Gasteiger partial charge is 0.133 e. The van der Waals surface area contributed by atoms with Crippen LogP contribution in [-0.4, -0.2) is 31.2 Å². The van der Waals surface area contributed by atoms with E-state index in [0.29, 0.717) is 36.9 Å². The molecule has 0 bridgehead atoms. The number of ether oxygens (including phenoxy) is 2. The molecule has 0 aliphatic heterocycles. The van der Waals surface area contributed by atoms with Gasteiger partial charge in [0, 0.05) is 20.0 Å². The normalized spacial score (nSPS) is 32.9. The van der Waals surface area contributed by atoms with Crippen molar-refractivity contribution in [2.45, 2.75) is 69.7 Å². The number of Topliss-reactive ketones (excluding diaryl/α,β-unsaturated/α-hetero) is 1. The van der Waals surface area contributed by atoms with Crippen LogP contribution in [0, 0.1) is 0 Å². The Kier molecular flexibility index (Phi) is 4.36. The molecule has 0 N–H and O–H groups in total. The van der Waals surface area contributed by atoms with E-state index >= 15 is 0 Å². The van der Waals surface area contributed by atoms with Crippen LogP contribution in [0.4, 0.5) is 0 Å². The lowest BCUT2D eigenvalue weighted by Crippen LogP contribution is -2.32. The van der Waals surface area contributed by atoms with Gasteiger partial charge in [-0.25, -0.2) is 0 Å². The van der Waals surface area contributed by atoms with Crippen LogP contribution in [0.25, 0.3) is 0 Å². The minimum Gasteiger partial charge on any atom is -0.381 e. The second kappa shape index (κ2) is 5.78. The van der Waals surface area contributed by atoms with Crippen LogP contribution in [0.5, 0.6) is 0 Å². The van der Waals surface area contributed by atoms with E-state index in [1.807, 2.05) is 0 Å². The number of hydrogen-bond donors (Lipinski definition) is 0. The standard InChI is InChI=1S/C13H22O3/c1-15-12-3-2-4-13(9-12)16-11-7-5-10(14)6-8-11/h11-13H,2-9H2,1H3. The van der Waals surface area contributed by atoms with Gasteiger partial charge >= 0.3 is 0 Å². The first-order valence-corrected chi connectivity index (χ1v) is 6.48. The van der Waals surface area contributed by atoms with E-state index in [2.05, 4.69) is 0 Å². The molecule has 2 saturated carbocycles. The molecule has 3 nitrogen and oxygen atoms in total. The Morgan fingerprint density at radius 1 is 1.00 bits per heavy atom. The average Bonchev–Trinajstić information content (AvgIpc) is 2.32. The summed E-state index contributed by atoms with van der Waals surface area (Å²) in [6.07, 6.45) is 8.88. The molecular weight excluding hydrogens is 204 g/mol. The summed E-state index contributed by atoms with van der Waals surface area (Å²) in [6.45, 7) is 0. The van der Waals surface area contributed by atoms with Gasteiger partial charge in [-0.05, 0) is 38.5 Å². The van der Waals surface area contributed by atoms with Crippen LogP contribution in [0.15, 0.2) is 0 Å². The van der Waals surface area contributed by atoms with E-state index in [4.69, 9.17) is 9.47 Å². The minimum atomic E-state index is 0.318. The molecule has 2 unspecified atom stereocenters. The van der Waals surface area contributed by atoms with Gasteiger partial charge in [-0.1, -0.05) is 0 Å². The zero-order valence-electron chi connectivity index (χ0n) is 10.1. The molecule has 2 rings (SSSR count). The lowest BCUT2D eigenvalue weighted by Gasteiger charge is -2.32. The largest absolute Gasteiger partial charge is 0.381 e. The van der Waals surface area contributed by atoms with E-state index in [9.17, 15) is 4.79 Å². The van der Waals surface area contributed by atoms with Crippen molar-refractivity contribution in [3.05, 3.63) is 0 Å². The van der Waals surface area contributed by atoms with Gasteiger partial charge in [0.15, 0.2) is 0 Å². The van der Waals surface area contributed by atoms with Crippen molar-refractivity contribution in [2.75, 3.05) is 7.11 Å². The summed E-state index contributed by atoms with van der Waals surface area (Å²) >= 11 is 0. The summed E-state index contributed by atoms with van der Waals surface area (Å²) in [5.74, 6) is 0.401. The Balaban J connectivity index is 1.74. The fourth-order valence-electron chi connectivity index (χ4n) is 2.76. The maximum Gasteiger partial charge on any atom is 0.133 e. The number of carbonyl (C=O) groups is 1. The fraction of sp³-hybridized carbons (Fsp3) is 0.923. The van der Waals surface area contributed by atoms with Gasteiger partial charge in [0.25, 0.3) is 0 Å². The number of methoxy groups -OCH3 is 1. The quantitative estimate of drug-likeness (QED) is 0.741. The molecule has 0 aromatic heterocycles. The van der Waals surface area contributed by atoms with Gasteiger partial charge < -0.3 is 9.47 Å². The molecule has 2 atom stereocenters. The van der Waals surface area contributed by atoms with Crippen molar-refractivity contribution in [1.82, 2.24) is 0 Å². The second-order valence-corrected chi connectivity index (χ2v) is 5.02. The zero-order chi connectivity index (χ0) is 11.4. The van der Waals surface area contributed by atoms with Crippen LogP contribution >= 0.6 is 0 Å². The van der Waals surface area contributed by atoms with Crippen LogP contribution in [0.3, 0.4) is 0 Å². The fourth-order valence-corrected chi connectivity index (χ4v) is 2.76. The van der Waals surface area contributed by atoms with E-state index in [-0.39, 0.29) is 0 Å². The van der Waals surface area contributed by atoms with E-state index in [0.717, 1.165) is 25.7 Å². The van der Waals surface area contributed by atoms with Crippen molar-refractivity contribution in [1.29, 1.82) is 0 Å². The monoisotopic (exact) mass is 226 g/mol. The molecular formula is C13H22O3. The molecule has 2 aliphatic carbocycles. The highest BCUT2D eigenvalue weighted by Crippen LogP contribution is 2.27. The first-order chi connectivity index (χ1) is 7.78. The van der Waals surface area contributed by atoms with E-state index < -0.39 is 0 Å². The topological polar surface area (TPSA) is 35.5 Å². The third-order valence-electron chi connectivity index (χ3n) is 3.79. The lowest BCUT2D eigenvalue weighted by molar-refractivity contribution is -0.126. The number of carbonyl (C=O) groups excluding carboxylic acids is 1. The molecule has 0 spiro atoms. The highest BCUT2D eigenvalue weighted by molar-refractivity contribution is 5.79. The van der Waals surface area contributed by atoms with Gasteiger partial charge in [-0.3, -0.25) is 4.79 Å². The van der Waals surface area contributed by atoms with E-state index in [1.165, 1.54) is 12.8 Å². The number of rotatable bonds is 3. The second-order valence-electron chi connectivity index (χ2n) is 5.02. The maximum absolute atomic E-state index is 11.1. The minimum absolute atomic E-state index is 0.318. The third-order valence-corrected chi connectivity index (χ3v) is 3.79. The predicted octanol–water partition coefficient (Wildman–Crippen LogP) is 2.47. The molecule has 0 heterocycles. The molecule has 16 heavy (non-hydrogen) atoms. The highest BCUT2D eigenvalue weighted by atomic mass is 16.5. The number of ketones is 1. The van der Waals surface area contributed by atoms with Crippen molar-refractivity contribution < 1.29 is 14.3 Å². The molecule has 0 amide bonds. The Morgan fingerprint density at radius 3 is 2.38 bits per heavy atom.